The highest BCUT2D eigenvalue weighted by Gasteiger charge is 2.23. The number of carbonyl (C=O) groups excluding carboxylic acids is 3. The van der Waals surface area contributed by atoms with Crippen molar-refractivity contribution in [1.29, 1.82) is 0 Å². The smallest absolute Gasteiger partial charge is 0.328 e. The monoisotopic (exact) mass is 360 g/mol. The maximum absolute atomic E-state index is 12.0. The molecule has 0 aliphatic carbocycles. The minimum absolute atomic E-state index is 0.401. The molecule has 0 aromatic carbocycles. The first-order valence-corrected chi connectivity index (χ1v) is 8.28. The summed E-state index contributed by atoms with van der Waals surface area (Å²) in [6, 6.07) is -2.27. The van der Waals surface area contributed by atoms with Crippen molar-refractivity contribution >= 4 is 35.0 Å². The lowest BCUT2D eigenvalue weighted by Crippen LogP contribution is -2.52. The number of nitrogens with two attached hydrogens (primary N) is 1. The third kappa shape index (κ3) is 9.41. The molecule has 0 spiro atoms. The van der Waals surface area contributed by atoms with Crippen LogP contribution in [0.15, 0.2) is 0 Å². The summed E-state index contributed by atoms with van der Waals surface area (Å²) < 4.78 is 4.52. The van der Waals surface area contributed by atoms with E-state index in [9.17, 15) is 14.4 Å². The van der Waals surface area contributed by atoms with Gasteiger partial charge >= 0.3 is 5.97 Å². The van der Waals surface area contributed by atoms with Crippen LogP contribution >= 0.6 is 12.2 Å². The first-order chi connectivity index (χ1) is 11.2. The molecule has 8 nitrogen and oxygen atoms in total. The van der Waals surface area contributed by atoms with Crippen LogP contribution in [0.1, 0.15) is 40.0 Å². The Morgan fingerprint density at radius 1 is 1.08 bits per heavy atom. The van der Waals surface area contributed by atoms with E-state index >= 15 is 0 Å². The highest BCUT2D eigenvalue weighted by atomic mass is 32.1. The summed E-state index contributed by atoms with van der Waals surface area (Å²) in [6.07, 6.45) is 2.13. The maximum Gasteiger partial charge on any atom is 0.328 e. The predicted molar refractivity (Wildman–Crippen MR) is 95.3 cm³/mol. The van der Waals surface area contributed by atoms with Gasteiger partial charge in [0.05, 0.1) is 18.1 Å². The third-order valence-corrected chi connectivity index (χ3v) is 3.46. The average molecular weight is 360 g/mol. The number of esters is 1. The Hall–Kier alpha value is -1.74. The fourth-order valence-corrected chi connectivity index (χ4v) is 1.95. The largest absolute Gasteiger partial charge is 0.467 e. The first-order valence-electron chi connectivity index (χ1n) is 7.87. The molecule has 0 unspecified atom stereocenters. The summed E-state index contributed by atoms with van der Waals surface area (Å²) in [5.41, 5.74) is 5.81. The summed E-state index contributed by atoms with van der Waals surface area (Å²) >= 11 is 4.90. The molecule has 2 amide bonds. The van der Waals surface area contributed by atoms with Crippen LogP contribution in [0.3, 0.4) is 0 Å². The summed E-state index contributed by atoms with van der Waals surface area (Å²) in [4.78, 5) is 35.9. The van der Waals surface area contributed by atoms with Crippen molar-refractivity contribution in [3.05, 3.63) is 0 Å². The predicted octanol–water partition coefficient (Wildman–Crippen LogP) is -0.397. The van der Waals surface area contributed by atoms with Gasteiger partial charge in [0.25, 0.3) is 0 Å². The quantitative estimate of drug-likeness (QED) is 0.238. The summed E-state index contributed by atoms with van der Waals surface area (Å²) in [5, 5.41) is 8.02. The molecule has 0 radical (unpaired) electrons. The highest BCUT2D eigenvalue weighted by molar-refractivity contribution is 7.80. The number of carbonyl (C=O) groups is 3. The zero-order valence-electron chi connectivity index (χ0n) is 14.7. The van der Waals surface area contributed by atoms with E-state index in [1.165, 1.54) is 21.0 Å². The van der Waals surface area contributed by atoms with Gasteiger partial charge in [0.15, 0.2) is 0 Å². The number of ether oxygens (including phenoxy) is 1. The molecule has 0 aliphatic rings. The molecule has 138 valence electrons. The van der Waals surface area contributed by atoms with Crippen molar-refractivity contribution in [2.45, 2.75) is 58.2 Å². The molecule has 3 atom stereocenters. The number of hydrogen-bond acceptors (Lipinski definition) is 6. The van der Waals surface area contributed by atoms with Crippen LogP contribution in [-0.4, -0.2) is 54.6 Å². The summed E-state index contributed by atoms with van der Waals surface area (Å²) in [5.74, 6) is -1.44. The second-order valence-corrected chi connectivity index (χ2v) is 6.18. The van der Waals surface area contributed by atoms with Gasteiger partial charge in [-0.25, -0.2) is 4.79 Å². The van der Waals surface area contributed by atoms with Crippen LogP contribution in [0.2, 0.25) is 0 Å². The molecule has 0 aromatic heterocycles. The fourth-order valence-electron chi connectivity index (χ4n) is 1.84. The molecule has 24 heavy (non-hydrogen) atoms. The Balaban J connectivity index is 4.12. The van der Waals surface area contributed by atoms with Gasteiger partial charge < -0.3 is 26.4 Å². The Morgan fingerprint density at radius 2 is 1.67 bits per heavy atom. The molecule has 0 fully saturated rings. The van der Waals surface area contributed by atoms with E-state index in [4.69, 9.17) is 18.0 Å². The lowest BCUT2D eigenvalue weighted by atomic mass is 10.1. The normalized spacial score (nSPS) is 14.0. The Bertz CT molecular complexity index is 459. The fraction of sp³-hybridized carbons (Fsp3) is 0.733. The van der Waals surface area contributed by atoms with E-state index in [1.807, 2.05) is 6.92 Å². The molecular formula is C15H28N4O4S. The number of nitrogens with one attached hydrogen (secondary N) is 3. The molecule has 0 saturated carbocycles. The number of rotatable bonds is 10. The van der Waals surface area contributed by atoms with Crippen LogP contribution in [0.25, 0.3) is 0 Å². The minimum Gasteiger partial charge on any atom is -0.467 e. The van der Waals surface area contributed by atoms with Crippen molar-refractivity contribution < 1.29 is 19.1 Å². The molecule has 0 aromatic rings. The maximum atomic E-state index is 12.0. The van der Waals surface area contributed by atoms with Crippen molar-refractivity contribution in [2.24, 2.45) is 5.73 Å². The molecule has 9 heteroatoms. The van der Waals surface area contributed by atoms with E-state index in [2.05, 4.69) is 20.7 Å². The van der Waals surface area contributed by atoms with E-state index in [0.29, 0.717) is 6.42 Å². The van der Waals surface area contributed by atoms with Gasteiger partial charge in [-0.2, -0.15) is 0 Å². The van der Waals surface area contributed by atoms with Gasteiger partial charge in [-0.05, 0) is 40.0 Å². The van der Waals surface area contributed by atoms with E-state index in [1.54, 1.807) is 0 Å². The van der Waals surface area contributed by atoms with Crippen LogP contribution in [0, 0.1) is 0 Å². The Labute approximate surface area is 148 Å². The molecule has 0 aliphatic heterocycles. The van der Waals surface area contributed by atoms with E-state index in [-0.39, 0.29) is 0 Å². The number of hydrogen-bond donors (Lipinski definition) is 4. The number of amides is 2. The van der Waals surface area contributed by atoms with Crippen LogP contribution in [0.5, 0.6) is 0 Å². The van der Waals surface area contributed by atoms with Gasteiger partial charge in [-0.3, -0.25) is 9.59 Å². The van der Waals surface area contributed by atoms with Crippen molar-refractivity contribution in [3.8, 4) is 0 Å². The summed E-state index contributed by atoms with van der Waals surface area (Å²) in [6.45, 7) is 5.58. The molecule has 0 saturated heterocycles. The first kappa shape index (κ1) is 22.3. The zero-order chi connectivity index (χ0) is 18.7. The van der Waals surface area contributed by atoms with E-state index < -0.39 is 35.9 Å². The van der Waals surface area contributed by atoms with Gasteiger partial charge in [-0.1, -0.05) is 12.2 Å². The number of methoxy groups -OCH3 is 1. The summed E-state index contributed by atoms with van der Waals surface area (Å²) in [7, 11) is 1.23. The number of thiocarbonyl (C=S) groups is 1. The van der Waals surface area contributed by atoms with Gasteiger partial charge in [0.1, 0.15) is 12.1 Å². The second kappa shape index (κ2) is 11.7. The Kier molecular flexibility index (Phi) is 10.9. The molecular weight excluding hydrogens is 332 g/mol. The average Bonchev–Trinajstić information content (AvgIpc) is 2.52. The topological polar surface area (TPSA) is 123 Å². The van der Waals surface area contributed by atoms with Crippen molar-refractivity contribution in [3.63, 3.8) is 0 Å². The molecule has 0 heterocycles. The number of unbranched alkanes of at least 4 members (excludes halogenated alkanes) is 1. The SMILES string of the molecule is COC(=O)[C@H](C)NC(=O)[C@H](C)NC(=O)[C@@H](N)CCCCNC(C)=S. The molecule has 0 bridgehead atoms. The third-order valence-electron chi connectivity index (χ3n) is 3.32. The second-order valence-electron chi connectivity index (χ2n) is 5.57. The Morgan fingerprint density at radius 3 is 2.21 bits per heavy atom. The standard InChI is InChI=1S/C15H28N4O4S/c1-9(13(20)19-10(2)15(22)23-4)18-14(21)12(16)7-5-6-8-17-11(3)24/h9-10,12H,5-8,16H2,1-4H3,(H,17,24)(H,18,21)(H,19,20)/t9-,10-,12-/m0/s1. The van der Waals surface area contributed by atoms with Crippen molar-refractivity contribution in [2.75, 3.05) is 13.7 Å². The van der Waals surface area contributed by atoms with Gasteiger partial charge in [0.2, 0.25) is 11.8 Å². The van der Waals surface area contributed by atoms with E-state index in [0.717, 1.165) is 24.4 Å². The molecule has 5 N–H and O–H groups in total. The van der Waals surface area contributed by atoms with Crippen LogP contribution < -0.4 is 21.7 Å². The minimum atomic E-state index is -0.796. The van der Waals surface area contributed by atoms with Crippen molar-refractivity contribution in [1.82, 2.24) is 16.0 Å². The van der Waals surface area contributed by atoms with Gasteiger partial charge in [-0.15, -0.1) is 0 Å². The zero-order valence-corrected chi connectivity index (χ0v) is 15.5. The van der Waals surface area contributed by atoms with Gasteiger partial charge in [0, 0.05) is 6.54 Å². The lowest BCUT2D eigenvalue weighted by Gasteiger charge is -2.19. The van der Waals surface area contributed by atoms with Crippen LogP contribution in [-0.2, 0) is 19.1 Å². The molecule has 0 rings (SSSR count). The highest BCUT2D eigenvalue weighted by Crippen LogP contribution is 1.99. The lowest BCUT2D eigenvalue weighted by molar-refractivity contribution is -0.144. The van der Waals surface area contributed by atoms with Crippen LogP contribution in [0.4, 0.5) is 0 Å².